The number of nitrogens with zero attached hydrogens (tertiary/aromatic N) is 1. The van der Waals surface area contributed by atoms with Gasteiger partial charge >= 0.3 is 18.0 Å². The zero-order chi connectivity index (χ0) is 17.9. The summed E-state index contributed by atoms with van der Waals surface area (Å²) in [6.07, 6.45) is 3.16. The van der Waals surface area contributed by atoms with Crippen LogP contribution in [0.25, 0.3) is 0 Å². The second kappa shape index (κ2) is 6.85. The predicted molar refractivity (Wildman–Crippen MR) is 79.3 cm³/mol. The fraction of sp³-hybridized carbons (Fsp3) is 0.643. The van der Waals surface area contributed by atoms with E-state index in [9.17, 15) is 24.0 Å². The van der Waals surface area contributed by atoms with Crippen molar-refractivity contribution in [3.05, 3.63) is 0 Å². The Labute approximate surface area is 138 Å². The molecule has 10 nitrogen and oxygen atoms in total. The molecular formula is C14H20N4O6. The number of amides is 6. The van der Waals surface area contributed by atoms with Gasteiger partial charge in [-0.15, -0.1) is 0 Å². The number of nitrogens with one attached hydrogen (secondary N) is 2. The predicted octanol–water partition coefficient (Wildman–Crippen LogP) is -0.775. The van der Waals surface area contributed by atoms with Crippen LogP contribution in [0.3, 0.4) is 0 Å². The number of nitrogens with two attached hydrogens (primary N) is 1. The first kappa shape index (κ1) is 17.7. The van der Waals surface area contributed by atoms with Crippen LogP contribution in [0.5, 0.6) is 0 Å². The van der Waals surface area contributed by atoms with Crippen LogP contribution in [0.1, 0.15) is 32.6 Å². The molecule has 1 heterocycles. The molecule has 4 N–H and O–H groups in total. The normalized spacial score (nSPS) is 26.2. The highest BCUT2D eigenvalue weighted by Gasteiger charge is 2.55. The lowest BCUT2D eigenvalue weighted by Gasteiger charge is -2.36. The smallest absolute Gasteiger partial charge is 0.326 e. The SMILES string of the molecule is C[C@@H]1CCCC[C@@]12NC(=O)N(CC(=O)OCC(=O)NC(N)=O)C2=O. The third-order valence-corrected chi connectivity index (χ3v) is 4.42. The Bertz CT molecular complexity index is 592. The van der Waals surface area contributed by atoms with E-state index in [1.54, 1.807) is 5.32 Å². The number of carbonyl (C=O) groups is 5. The van der Waals surface area contributed by atoms with E-state index < -0.39 is 48.5 Å². The average molecular weight is 340 g/mol. The largest absolute Gasteiger partial charge is 0.454 e. The van der Waals surface area contributed by atoms with Crippen molar-refractivity contribution in [2.45, 2.75) is 38.1 Å². The summed E-state index contributed by atoms with van der Waals surface area (Å²) in [5.41, 5.74) is 3.78. The molecule has 1 spiro atoms. The molecule has 6 amide bonds. The Kier molecular flexibility index (Phi) is 5.05. The van der Waals surface area contributed by atoms with E-state index in [1.165, 1.54) is 0 Å². The van der Waals surface area contributed by atoms with E-state index in [0.717, 1.165) is 24.2 Å². The van der Waals surface area contributed by atoms with E-state index in [4.69, 9.17) is 5.73 Å². The van der Waals surface area contributed by atoms with Crippen molar-refractivity contribution in [2.24, 2.45) is 11.7 Å². The van der Waals surface area contributed by atoms with E-state index in [0.29, 0.717) is 6.42 Å². The van der Waals surface area contributed by atoms with Crippen LogP contribution >= 0.6 is 0 Å². The van der Waals surface area contributed by atoms with E-state index >= 15 is 0 Å². The molecule has 0 aromatic heterocycles. The molecule has 24 heavy (non-hydrogen) atoms. The highest BCUT2D eigenvalue weighted by molar-refractivity contribution is 6.09. The molecule has 2 aliphatic rings. The van der Waals surface area contributed by atoms with E-state index in [1.807, 2.05) is 6.92 Å². The Morgan fingerprint density at radius 2 is 2.08 bits per heavy atom. The standard InChI is InChI=1S/C14H20N4O6/c1-8-4-2-3-5-14(8)11(21)18(13(23)17-14)6-10(20)24-7-9(19)16-12(15)22/h8H,2-7H2,1H3,(H,17,23)(H3,15,16,19,22)/t8-,14-/m1/s1. The van der Waals surface area contributed by atoms with Crippen LogP contribution in [0.2, 0.25) is 0 Å². The highest BCUT2D eigenvalue weighted by atomic mass is 16.5. The molecule has 0 radical (unpaired) electrons. The lowest BCUT2D eigenvalue weighted by Crippen LogP contribution is -2.54. The molecule has 1 saturated heterocycles. The molecule has 0 unspecified atom stereocenters. The molecule has 0 bridgehead atoms. The second-order valence-electron chi connectivity index (χ2n) is 6.01. The van der Waals surface area contributed by atoms with E-state index in [-0.39, 0.29) is 5.92 Å². The summed E-state index contributed by atoms with van der Waals surface area (Å²) < 4.78 is 4.63. The maximum Gasteiger partial charge on any atom is 0.326 e. The number of imide groups is 2. The molecule has 1 aliphatic heterocycles. The molecular weight excluding hydrogens is 320 g/mol. The molecule has 132 valence electrons. The summed E-state index contributed by atoms with van der Waals surface area (Å²) in [5.74, 6) is -2.30. The molecule has 2 rings (SSSR count). The first-order valence-corrected chi connectivity index (χ1v) is 7.65. The lowest BCUT2D eigenvalue weighted by molar-refractivity contribution is -0.151. The van der Waals surface area contributed by atoms with Gasteiger partial charge in [0.25, 0.3) is 11.8 Å². The Hall–Kier alpha value is -2.65. The number of ether oxygens (including phenoxy) is 1. The third kappa shape index (κ3) is 3.47. The van der Waals surface area contributed by atoms with E-state index in [2.05, 4.69) is 10.1 Å². The molecule has 2 atom stereocenters. The van der Waals surface area contributed by atoms with Crippen molar-refractivity contribution in [1.29, 1.82) is 0 Å². The van der Waals surface area contributed by atoms with Gasteiger partial charge in [0.2, 0.25) is 0 Å². The van der Waals surface area contributed by atoms with Gasteiger partial charge in [-0.05, 0) is 18.8 Å². The van der Waals surface area contributed by atoms with Gasteiger partial charge < -0.3 is 15.8 Å². The van der Waals surface area contributed by atoms with Gasteiger partial charge in [0.05, 0.1) is 0 Å². The number of rotatable bonds is 4. The number of hydrogen-bond donors (Lipinski definition) is 3. The minimum absolute atomic E-state index is 0.0231. The van der Waals surface area contributed by atoms with Crippen LogP contribution in [-0.2, 0) is 19.1 Å². The Balaban J connectivity index is 1.94. The minimum atomic E-state index is -1.07. The first-order chi connectivity index (χ1) is 11.3. The number of primary amides is 1. The Morgan fingerprint density at radius 1 is 1.38 bits per heavy atom. The molecule has 1 saturated carbocycles. The third-order valence-electron chi connectivity index (χ3n) is 4.42. The molecule has 10 heteroatoms. The maximum absolute atomic E-state index is 12.6. The van der Waals surface area contributed by atoms with Gasteiger partial charge in [0.15, 0.2) is 6.61 Å². The zero-order valence-corrected chi connectivity index (χ0v) is 13.3. The minimum Gasteiger partial charge on any atom is -0.454 e. The van der Waals surface area contributed by atoms with Gasteiger partial charge in [-0.25, -0.2) is 9.59 Å². The van der Waals surface area contributed by atoms with Gasteiger partial charge in [-0.2, -0.15) is 0 Å². The van der Waals surface area contributed by atoms with Crippen LogP contribution in [-0.4, -0.2) is 53.4 Å². The average Bonchev–Trinajstić information content (AvgIpc) is 2.73. The van der Waals surface area contributed by atoms with Crippen molar-refractivity contribution >= 4 is 29.8 Å². The molecule has 1 aliphatic carbocycles. The van der Waals surface area contributed by atoms with Crippen LogP contribution in [0.4, 0.5) is 9.59 Å². The Morgan fingerprint density at radius 3 is 2.71 bits per heavy atom. The van der Waals surface area contributed by atoms with Gasteiger partial charge in [0, 0.05) is 0 Å². The van der Waals surface area contributed by atoms with Crippen molar-refractivity contribution in [1.82, 2.24) is 15.5 Å². The summed E-state index contributed by atoms with van der Waals surface area (Å²) in [5, 5.41) is 4.43. The first-order valence-electron chi connectivity index (χ1n) is 7.65. The lowest BCUT2D eigenvalue weighted by atomic mass is 9.73. The summed E-state index contributed by atoms with van der Waals surface area (Å²) in [6.45, 7) is 0.573. The van der Waals surface area contributed by atoms with Crippen LogP contribution in [0, 0.1) is 5.92 Å². The summed E-state index contributed by atoms with van der Waals surface area (Å²) in [6, 6.07) is -1.72. The van der Waals surface area contributed by atoms with Crippen molar-refractivity contribution in [3.8, 4) is 0 Å². The highest BCUT2D eigenvalue weighted by Crippen LogP contribution is 2.38. The fourth-order valence-electron chi connectivity index (χ4n) is 3.13. The number of carbonyl (C=O) groups excluding carboxylic acids is 5. The summed E-state index contributed by atoms with van der Waals surface area (Å²) >= 11 is 0. The van der Waals surface area contributed by atoms with Crippen molar-refractivity contribution in [3.63, 3.8) is 0 Å². The quantitative estimate of drug-likeness (QED) is 0.452. The van der Waals surface area contributed by atoms with Gasteiger partial charge in [-0.1, -0.05) is 19.8 Å². The monoisotopic (exact) mass is 340 g/mol. The molecule has 0 aromatic carbocycles. The van der Waals surface area contributed by atoms with Crippen molar-refractivity contribution in [2.75, 3.05) is 13.2 Å². The molecule has 0 aromatic rings. The van der Waals surface area contributed by atoms with Crippen molar-refractivity contribution < 1.29 is 28.7 Å². The van der Waals surface area contributed by atoms with Gasteiger partial charge in [-0.3, -0.25) is 24.6 Å². The number of esters is 1. The van der Waals surface area contributed by atoms with Gasteiger partial charge in [0.1, 0.15) is 12.1 Å². The second-order valence-corrected chi connectivity index (χ2v) is 6.01. The zero-order valence-electron chi connectivity index (χ0n) is 13.3. The maximum atomic E-state index is 12.6. The fourth-order valence-corrected chi connectivity index (χ4v) is 3.13. The number of urea groups is 2. The number of hydrogen-bond acceptors (Lipinski definition) is 6. The van der Waals surface area contributed by atoms with Crippen LogP contribution in [0.15, 0.2) is 0 Å². The summed E-state index contributed by atoms with van der Waals surface area (Å²) in [4.78, 5) is 58.9. The molecule has 2 fully saturated rings. The summed E-state index contributed by atoms with van der Waals surface area (Å²) in [7, 11) is 0. The topological polar surface area (TPSA) is 148 Å². The van der Waals surface area contributed by atoms with Crippen LogP contribution < -0.4 is 16.4 Å².